The molecule has 0 spiro atoms. The first-order valence-corrected chi connectivity index (χ1v) is 8.62. The third-order valence-electron chi connectivity index (χ3n) is 5.75. The second-order valence-corrected chi connectivity index (χ2v) is 7.11. The number of aliphatic hydroxyl groups excluding tert-OH is 2. The zero-order valence-corrected chi connectivity index (χ0v) is 13.4. The van der Waals surface area contributed by atoms with Crippen LogP contribution in [0.15, 0.2) is 60.7 Å². The number of aliphatic hydroxyl groups is 2. The highest BCUT2D eigenvalue weighted by molar-refractivity contribution is 6.12. The molecule has 1 fully saturated rings. The Morgan fingerprint density at radius 1 is 0.720 bits per heavy atom. The first kappa shape index (κ1) is 13.8. The first-order chi connectivity index (χ1) is 12.2. The molecule has 0 bridgehead atoms. The van der Waals surface area contributed by atoms with Gasteiger partial charge in [0.05, 0.1) is 0 Å². The van der Waals surface area contributed by atoms with Crippen molar-refractivity contribution in [2.24, 2.45) is 0 Å². The van der Waals surface area contributed by atoms with E-state index in [0.29, 0.717) is 0 Å². The molecule has 4 aromatic carbocycles. The Hall–Kier alpha value is -2.46. The van der Waals surface area contributed by atoms with Gasteiger partial charge in [0.25, 0.3) is 0 Å². The summed E-state index contributed by atoms with van der Waals surface area (Å²) in [6, 6.07) is 21.1. The van der Waals surface area contributed by atoms with Crippen LogP contribution in [0, 0.1) is 0 Å². The largest absolute Gasteiger partial charge is 0.387 e. The number of hydrogen-bond acceptors (Lipinski definition) is 3. The molecule has 4 unspecified atom stereocenters. The van der Waals surface area contributed by atoms with Gasteiger partial charge in [0, 0.05) is 0 Å². The monoisotopic (exact) mass is 328 g/mol. The molecule has 4 atom stereocenters. The number of rotatable bonds is 0. The summed E-state index contributed by atoms with van der Waals surface area (Å²) in [5, 5.41) is 27.7. The molecule has 1 saturated heterocycles. The molecule has 0 saturated carbocycles. The van der Waals surface area contributed by atoms with Gasteiger partial charge in [-0.1, -0.05) is 48.5 Å². The van der Waals surface area contributed by atoms with E-state index in [0.717, 1.165) is 21.9 Å². The van der Waals surface area contributed by atoms with Gasteiger partial charge >= 0.3 is 0 Å². The third-order valence-corrected chi connectivity index (χ3v) is 5.75. The van der Waals surface area contributed by atoms with E-state index in [1.54, 1.807) is 0 Å². The summed E-state index contributed by atoms with van der Waals surface area (Å²) in [5.41, 5.74) is 1.83. The average molecular weight is 328 g/mol. The molecule has 6 rings (SSSR count). The Morgan fingerprint density at radius 2 is 1.48 bits per heavy atom. The van der Waals surface area contributed by atoms with Gasteiger partial charge in [-0.25, -0.2) is 0 Å². The lowest BCUT2D eigenvalue weighted by molar-refractivity contribution is 0.000106. The van der Waals surface area contributed by atoms with E-state index >= 15 is 0 Å². The second-order valence-electron chi connectivity index (χ2n) is 7.11. The standard InChI is InChI=1S/C22H16O3/c23-19-15-8-7-13-9-12-6-5-11-3-1-2-4-14(11)16(12)10-17(13)18(15)21-22(25-21)20(19)24/h1-10,19-24H. The molecule has 3 nitrogen and oxygen atoms in total. The molecule has 0 amide bonds. The van der Waals surface area contributed by atoms with Gasteiger partial charge in [0.1, 0.15) is 24.4 Å². The van der Waals surface area contributed by atoms with Crippen LogP contribution in [0.2, 0.25) is 0 Å². The van der Waals surface area contributed by atoms with E-state index in [9.17, 15) is 10.2 Å². The van der Waals surface area contributed by atoms with Crippen molar-refractivity contribution in [2.45, 2.75) is 24.4 Å². The van der Waals surface area contributed by atoms with Gasteiger partial charge < -0.3 is 14.9 Å². The third kappa shape index (κ3) is 1.75. The van der Waals surface area contributed by atoms with Crippen molar-refractivity contribution in [1.29, 1.82) is 0 Å². The molecule has 0 aromatic heterocycles. The number of fused-ring (bicyclic) bond motifs is 8. The minimum Gasteiger partial charge on any atom is -0.387 e. The van der Waals surface area contributed by atoms with Gasteiger partial charge in [-0.05, 0) is 55.6 Å². The van der Waals surface area contributed by atoms with E-state index in [-0.39, 0.29) is 12.2 Å². The summed E-state index contributed by atoms with van der Waals surface area (Å²) in [4.78, 5) is 0. The fraction of sp³-hybridized carbons (Fsp3) is 0.182. The molecule has 122 valence electrons. The SMILES string of the molecule is OC1c2ccc3cc4ccc5ccccc5c4cc3c2C2OC2C1O. The van der Waals surface area contributed by atoms with E-state index in [4.69, 9.17) is 4.74 Å². The number of hydrogen-bond donors (Lipinski definition) is 2. The minimum absolute atomic E-state index is 0.107. The molecular weight excluding hydrogens is 312 g/mol. The summed E-state index contributed by atoms with van der Waals surface area (Å²) < 4.78 is 5.68. The molecule has 1 heterocycles. The van der Waals surface area contributed by atoms with Crippen LogP contribution in [0.1, 0.15) is 23.3 Å². The predicted molar refractivity (Wildman–Crippen MR) is 97.5 cm³/mol. The van der Waals surface area contributed by atoms with Crippen molar-refractivity contribution in [1.82, 2.24) is 0 Å². The van der Waals surface area contributed by atoms with E-state index in [1.165, 1.54) is 21.5 Å². The summed E-state index contributed by atoms with van der Waals surface area (Å²) in [7, 11) is 0. The van der Waals surface area contributed by atoms with Crippen LogP contribution in [0.3, 0.4) is 0 Å². The molecule has 0 radical (unpaired) electrons. The Labute approximate surface area is 144 Å². The number of benzene rings is 4. The van der Waals surface area contributed by atoms with Crippen LogP contribution in [-0.2, 0) is 4.74 Å². The van der Waals surface area contributed by atoms with Gasteiger partial charge in [-0.2, -0.15) is 0 Å². The molecule has 2 N–H and O–H groups in total. The topological polar surface area (TPSA) is 53.0 Å². The first-order valence-electron chi connectivity index (χ1n) is 8.62. The maximum Gasteiger partial charge on any atom is 0.118 e. The van der Waals surface area contributed by atoms with E-state index in [2.05, 4.69) is 48.5 Å². The lowest BCUT2D eigenvalue weighted by atomic mass is 9.83. The van der Waals surface area contributed by atoms with Crippen molar-refractivity contribution >= 4 is 32.3 Å². The van der Waals surface area contributed by atoms with Crippen LogP contribution < -0.4 is 0 Å². The molecular formula is C22H16O3. The Morgan fingerprint density at radius 3 is 2.40 bits per heavy atom. The summed E-state index contributed by atoms with van der Waals surface area (Å²) in [6.45, 7) is 0. The van der Waals surface area contributed by atoms with Crippen molar-refractivity contribution in [2.75, 3.05) is 0 Å². The average Bonchev–Trinajstić information content (AvgIpc) is 3.44. The van der Waals surface area contributed by atoms with Crippen LogP contribution in [-0.4, -0.2) is 22.4 Å². The Balaban J connectivity index is 1.75. The highest BCUT2D eigenvalue weighted by Gasteiger charge is 2.54. The summed E-state index contributed by atoms with van der Waals surface area (Å²) in [6.07, 6.45) is -2.11. The van der Waals surface area contributed by atoms with Crippen LogP contribution in [0.25, 0.3) is 32.3 Å². The van der Waals surface area contributed by atoms with Crippen molar-refractivity contribution < 1.29 is 14.9 Å². The van der Waals surface area contributed by atoms with Crippen LogP contribution in [0.5, 0.6) is 0 Å². The molecule has 3 heteroatoms. The normalized spacial score (nSPS) is 27.4. The predicted octanol–water partition coefficient (Wildman–Crippen LogP) is 3.99. The van der Waals surface area contributed by atoms with Crippen LogP contribution >= 0.6 is 0 Å². The van der Waals surface area contributed by atoms with Crippen molar-refractivity contribution in [3.05, 3.63) is 71.8 Å². The van der Waals surface area contributed by atoms with Crippen molar-refractivity contribution in [3.63, 3.8) is 0 Å². The quantitative estimate of drug-likeness (QED) is 0.291. The van der Waals surface area contributed by atoms with Crippen LogP contribution in [0.4, 0.5) is 0 Å². The molecule has 1 aliphatic heterocycles. The highest BCUT2D eigenvalue weighted by atomic mass is 16.6. The zero-order chi connectivity index (χ0) is 16.7. The summed E-state index contributed by atoms with van der Waals surface area (Å²) >= 11 is 0. The fourth-order valence-corrected chi connectivity index (χ4v) is 4.42. The Kier molecular flexibility index (Phi) is 2.53. The maximum absolute atomic E-state index is 10.4. The molecule has 25 heavy (non-hydrogen) atoms. The maximum atomic E-state index is 10.4. The Bertz CT molecular complexity index is 1180. The van der Waals surface area contributed by atoms with Gasteiger partial charge in [0.15, 0.2) is 0 Å². The van der Waals surface area contributed by atoms with Crippen molar-refractivity contribution in [3.8, 4) is 0 Å². The lowest BCUT2D eigenvalue weighted by Gasteiger charge is -2.24. The van der Waals surface area contributed by atoms with Gasteiger partial charge in [0.2, 0.25) is 0 Å². The van der Waals surface area contributed by atoms with E-state index < -0.39 is 12.2 Å². The molecule has 1 aliphatic carbocycles. The molecule has 2 aliphatic rings. The second kappa shape index (κ2) is 4.58. The number of ether oxygens (including phenoxy) is 1. The van der Waals surface area contributed by atoms with Gasteiger partial charge in [-0.3, -0.25) is 0 Å². The summed E-state index contributed by atoms with van der Waals surface area (Å²) in [5.74, 6) is 0. The zero-order valence-electron chi connectivity index (χ0n) is 13.4. The minimum atomic E-state index is -0.883. The highest BCUT2D eigenvalue weighted by Crippen LogP contribution is 2.53. The number of epoxide rings is 1. The smallest absolute Gasteiger partial charge is 0.118 e. The van der Waals surface area contributed by atoms with E-state index in [1.807, 2.05) is 12.1 Å². The van der Waals surface area contributed by atoms with Gasteiger partial charge in [-0.15, -0.1) is 0 Å². The molecule has 4 aromatic rings. The fourth-order valence-electron chi connectivity index (χ4n) is 4.42. The lowest BCUT2D eigenvalue weighted by Crippen LogP contribution is -2.29.